The Balaban J connectivity index is 1.63. The summed E-state index contributed by atoms with van der Waals surface area (Å²) in [5, 5.41) is 6.04. The number of benzene rings is 1. The van der Waals surface area contributed by atoms with E-state index in [1.54, 1.807) is 21.9 Å². The van der Waals surface area contributed by atoms with Gasteiger partial charge in [0.2, 0.25) is 16.0 Å². The molecule has 0 unspecified atom stereocenters. The zero-order valence-corrected chi connectivity index (χ0v) is 15.4. The third-order valence-electron chi connectivity index (χ3n) is 4.32. The van der Waals surface area contributed by atoms with Crippen molar-refractivity contribution in [3.63, 3.8) is 0 Å². The van der Waals surface area contributed by atoms with Crippen LogP contribution in [0.25, 0.3) is 0 Å². The lowest BCUT2D eigenvalue weighted by atomic mass is 10.1. The van der Waals surface area contributed by atoms with Crippen molar-refractivity contribution in [1.82, 2.24) is 15.1 Å². The van der Waals surface area contributed by atoms with Crippen LogP contribution in [0.4, 0.5) is 22.7 Å². The molecule has 1 aromatic heterocycles. The minimum Gasteiger partial charge on any atom is -0.345 e. The molecule has 1 aliphatic heterocycles. The van der Waals surface area contributed by atoms with Crippen LogP contribution in [0.5, 0.6) is 0 Å². The Hall–Kier alpha value is -2.23. The van der Waals surface area contributed by atoms with Gasteiger partial charge in [0.05, 0.1) is 6.42 Å². The molecule has 146 valence electrons. The standard InChI is InChI=1S/C17H18F4N4OS/c1-11-3-4-13(18)12(9-11)10-14(26)24-5-2-6-25(8-7-24)16-23-22-15(27-16)17(19,20)21/h3-4,9H,2,5-8,10H2,1H3. The van der Waals surface area contributed by atoms with Gasteiger partial charge in [-0.25, -0.2) is 4.39 Å². The summed E-state index contributed by atoms with van der Waals surface area (Å²) in [5.74, 6) is -0.617. The van der Waals surface area contributed by atoms with E-state index in [4.69, 9.17) is 0 Å². The van der Waals surface area contributed by atoms with Crippen molar-refractivity contribution in [3.05, 3.63) is 40.2 Å². The number of rotatable bonds is 3. The van der Waals surface area contributed by atoms with Gasteiger partial charge in [-0.2, -0.15) is 13.2 Å². The smallest absolute Gasteiger partial charge is 0.345 e. The highest BCUT2D eigenvalue weighted by molar-refractivity contribution is 7.15. The number of aryl methyl sites for hydroxylation is 1. The second kappa shape index (κ2) is 7.79. The van der Waals surface area contributed by atoms with E-state index in [1.165, 1.54) is 6.07 Å². The number of hydrogen-bond acceptors (Lipinski definition) is 5. The summed E-state index contributed by atoms with van der Waals surface area (Å²) in [6.45, 7) is 3.47. The normalized spacial score (nSPS) is 15.7. The first-order valence-electron chi connectivity index (χ1n) is 8.42. The lowest BCUT2D eigenvalue weighted by molar-refractivity contribution is -0.138. The van der Waals surface area contributed by atoms with Crippen LogP contribution in [-0.2, 0) is 17.4 Å². The average molecular weight is 402 g/mol. The molecule has 10 heteroatoms. The summed E-state index contributed by atoms with van der Waals surface area (Å²) in [6, 6.07) is 4.64. The molecule has 0 saturated carbocycles. The Morgan fingerprint density at radius 3 is 2.67 bits per heavy atom. The number of halogens is 4. The van der Waals surface area contributed by atoms with E-state index in [2.05, 4.69) is 10.2 Å². The maximum Gasteiger partial charge on any atom is 0.445 e. The molecule has 1 aromatic carbocycles. The summed E-state index contributed by atoms with van der Waals surface area (Å²) in [7, 11) is 0. The highest BCUT2D eigenvalue weighted by Crippen LogP contribution is 2.34. The lowest BCUT2D eigenvalue weighted by Gasteiger charge is -2.21. The van der Waals surface area contributed by atoms with Gasteiger partial charge in [0.1, 0.15) is 5.82 Å². The quantitative estimate of drug-likeness (QED) is 0.740. The summed E-state index contributed by atoms with van der Waals surface area (Å²) >= 11 is 0.497. The first-order valence-corrected chi connectivity index (χ1v) is 9.24. The lowest BCUT2D eigenvalue weighted by Crippen LogP contribution is -2.36. The third kappa shape index (κ3) is 4.74. The zero-order chi connectivity index (χ0) is 19.6. The van der Waals surface area contributed by atoms with Gasteiger partial charge < -0.3 is 9.80 Å². The van der Waals surface area contributed by atoms with Crippen molar-refractivity contribution in [1.29, 1.82) is 0 Å². The number of amides is 1. The highest BCUT2D eigenvalue weighted by atomic mass is 32.1. The molecule has 2 heterocycles. The van der Waals surface area contributed by atoms with Crippen LogP contribution >= 0.6 is 11.3 Å². The maximum atomic E-state index is 13.9. The van der Waals surface area contributed by atoms with Crippen molar-refractivity contribution >= 4 is 22.4 Å². The van der Waals surface area contributed by atoms with E-state index in [9.17, 15) is 22.4 Å². The Kier molecular flexibility index (Phi) is 5.64. The van der Waals surface area contributed by atoms with E-state index in [1.807, 2.05) is 6.92 Å². The Bertz CT molecular complexity index is 824. The van der Waals surface area contributed by atoms with Crippen LogP contribution in [0.3, 0.4) is 0 Å². The van der Waals surface area contributed by atoms with Gasteiger partial charge in [0.25, 0.3) is 0 Å². The fourth-order valence-electron chi connectivity index (χ4n) is 2.93. The molecular weight excluding hydrogens is 384 g/mol. The summed E-state index contributed by atoms with van der Waals surface area (Å²) in [5.41, 5.74) is 1.22. The van der Waals surface area contributed by atoms with Crippen LogP contribution in [0, 0.1) is 12.7 Å². The molecule has 1 aliphatic rings. The van der Waals surface area contributed by atoms with Gasteiger partial charge >= 0.3 is 6.18 Å². The first kappa shape index (κ1) is 19.5. The molecule has 0 bridgehead atoms. The number of alkyl halides is 3. The molecule has 2 aromatic rings. The maximum absolute atomic E-state index is 13.9. The number of aromatic nitrogens is 2. The van der Waals surface area contributed by atoms with Gasteiger partial charge in [0, 0.05) is 26.2 Å². The van der Waals surface area contributed by atoms with Gasteiger partial charge in [0.15, 0.2) is 0 Å². The summed E-state index contributed by atoms with van der Waals surface area (Å²) < 4.78 is 51.9. The van der Waals surface area contributed by atoms with E-state index in [0.29, 0.717) is 49.5 Å². The van der Waals surface area contributed by atoms with E-state index in [-0.39, 0.29) is 17.5 Å². The molecule has 0 radical (unpaired) electrons. The van der Waals surface area contributed by atoms with Crippen molar-refractivity contribution in [2.24, 2.45) is 0 Å². The fourth-order valence-corrected chi connectivity index (χ4v) is 3.69. The third-order valence-corrected chi connectivity index (χ3v) is 5.35. The zero-order valence-electron chi connectivity index (χ0n) is 14.6. The molecule has 1 fully saturated rings. The number of hydrogen-bond donors (Lipinski definition) is 0. The van der Waals surface area contributed by atoms with Gasteiger partial charge in [-0.05, 0) is 25.0 Å². The largest absolute Gasteiger partial charge is 0.445 e. The Labute approximate surface area is 157 Å². The van der Waals surface area contributed by atoms with Crippen LogP contribution in [0.15, 0.2) is 18.2 Å². The molecule has 1 amide bonds. The SMILES string of the molecule is Cc1ccc(F)c(CC(=O)N2CCCN(c3nnc(C(F)(F)F)s3)CC2)c1. The van der Waals surface area contributed by atoms with Crippen molar-refractivity contribution in [2.75, 3.05) is 31.1 Å². The predicted octanol–water partition coefficient (Wildman–Crippen LogP) is 3.29. The molecule has 27 heavy (non-hydrogen) atoms. The second-order valence-electron chi connectivity index (χ2n) is 6.38. The van der Waals surface area contributed by atoms with E-state index < -0.39 is 17.0 Å². The van der Waals surface area contributed by atoms with Crippen molar-refractivity contribution in [2.45, 2.75) is 25.9 Å². The van der Waals surface area contributed by atoms with Crippen LogP contribution in [-0.4, -0.2) is 47.2 Å². The predicted molar refractivity (Wildman–Crippen MR) is 93.2 cm³/mol. The topological polar surface area (TPSA) is 49.3 Å². The van der Waals surface area contributed by atoms with Gasteiger partial charge in [-0.1, -0.05) is 29.0 Å². The number of nitrogens with zero attached hydrogens (tertiary/aromatic N) is 4. The van der Waals surface area contributed by atoms with E-state index in [0.717, 1.165) is 5.56 Å². The molecule has 0 N–H and O–H groups in total. The molecular formula is C17H18F4N4OS. The second-order valence-corrected chi connectivity index (χ2v) is 7.34. The van der Waals surface area contributed by atoms with Crippen LogP contribution in [0.1, 0.15) is 22.6 Å². The monoisotopic (exact) mass is 402 g/mol. The summed E-state index contributed by atoms with van der Waals surface area (Å²) in [6.07, 6.45) is -3.96. The van der Waals surface area contributed by atoms with Gasteiger partial charge in [-0.3, -0.25) is 4.79 Å². The highest BCUT2D eigenvalue weighted by Gasteiger charge is 2.36. The fraction of sp³-hybridized carbons (Fsp3) is 0.471. The molecule has 3 rings (SSSR count). The molecule has 0 atom stereocenters. The Morgan fingerprint density at radius 1 is 1.19 bits per heavy atom. The summed E-state index contributed by atoms with van der Waals surface area (Å²) in [4.78, 5) is 15.8. The average Bonchev–Trinajstić information content (AvgIpc) is 2.97. The minimum absolute atomic E-state index is 0.0372. The molecule has 1 saturated heterocycles. The first-order chi connectivity index (χ1) is 12.7. The van der Waals surface area contributed by atoms with E-state index >= 15 is 0 Å². The van der Waals surface area contributed by atoms with Crippen molar-refractivity contribution < 1.29 is 22.4 Å². The minimum atomic E-state index is -4.51. The van der Waals surface area contributed by atoms with Gasteiger partial charge in [-0.15, -0.1) is 10.2 Å². The van der Waals surface area contributed by atoms with Crippen LogP contribution in [0.2, 0.25) is 0 Å². The number of carbonyl (C=O) groups excluding carboxylic acids is 1. The molecule has 0 aliphatic carbocycles. The number of anilines is 1. The number of carbonyl (C=O) groups is 1. The Morgan fingerprint density at radius 2 is 1.96 bits per heavy atom. The molecule has 0 spiro atoms. The van der Waals surface area contributed by atoms with Crippen LogP contribution < -0.4 is 4.90 Å². The molecule has 5 nitrogen and oxygen atoms in total. The van der Waals surface area contributed by atoms with Crippen molar-refractivity contribution in [3.8, 4) is 0 Å².